The van der Waals surface area contributed by atoms with Gasteiger partial charge in [-0.3, -0.25) is 0 Å². The van der Waals surface area contributed by atoms with Crippen LogP contribution in [0.5, 0.6) is 5.75 Å². The molecule has 0 radical (unpaired) electrons. The molecule has 2 nitrogen and oxygen atoms in total. The first kappa shape index (κ1) is 16.4. The van der Waals surface area contributed by atoms with Crippen molar-refractivity contribution in [2.24, 2.45) is 0 Å². The van der Waals surface area contributed by atoms with Gasteiger partial charge in [-0.05, 0) is 62.7 Å². The Labute approximate surface area is 143 Å². The largest absolute Gasteiger partial charge is 0.491 e. The number of nitrogens with one attached hydrogen (secondary N) is 1. The predicted octanol–water partition coefficient (Wildman–Crippen LogP) is 6.17. The second kappa shape index (κ2) is 7.32. The van der Waals surface area contributed by atoms with Gasteiger partial charge in [-0.25, -0.2) is 0 Å². The fourth-order valence-corrected chi connectivity index (χ4v) is 3.47. The Morgan fingerprint density at radius 1 is 0.952 bits per heavy atom. The van der Waals surface area contributed by atoms with E-state index in [0.29, 0.717) is 0 Å². The van der Waals surface area contributed by atoms with Crippen LogP contribution in [0.2, 0.25) is 0 Å². The van der Waals surface area contributed by atoms with Crippen LogP contribution in [-0.4, -0.2) is 6.10 Å². The van der Waals surface area contributed by atoms with Gasteiger partial charge < -0.3 is 10.1 Å². The van der Waals surface area contributed by atoms with Gasteiger partial charge in [0.2, 0.25) is 0 Å². The third-order valence-electron chi connectivity index (χ3n) is 3.04. The fraction of sp³-hybridized carbons (Fsp3) is 0.294. The summed E-state index contributed by atoms with van der Waals surface area (Å²) < 4.78 is 7.81. The van der Waals surface area contributed by atoms with Gasteiger partial charge in [0.05, 0.1) is 6.10 Å². The normalized spacial score (nSPS) is 12.3. The molecule has 2 rings (SSSR count). The summed E-state index contributed by atoms with van der Waals surface area (Å²) in [5, 5.41) is 3.50. The van der Waals surface area contributed by atoms with Crippen molar-refractivity contribution in [2.45, 2.75) is 32.9 Å². The van der Waals surface area contributed by atoms with Crippen LogP contribution >= 0.6 is 31.9 Å². The van der Waals surface area contributed by atoms with Gasteiger partial charge in [0, 0.05) is 20.7 Å². The van der Waals surface area contributed by atoms with Crippen LogP contribution in [0, 0.1) is 0 Å². The molecule has 2 aromatic carbocycles. The summed E-state index contributed by atoms with van der Waals surface area (Å²) in [5.74, 6) is 0.896. The van der Waals surface area contributed by atoms with Crippen LogP contribution in [0.25, 0.3) is 0 Å². The van der Waals surface area contributed by atoms with E-state index in [-0.39, 0.29) is 12.1 Å². The first-order chi connectivity index (χ1) is 9.95. The number of anilines is 1. The quantitative estimate of drug-likeness (QED) is 0.633. The molecule has 21 heavy (non-hydrogen) atoms. The Bertz CT molecular complexity index is 596. The molecule has 0 aliphatic rings. The van der Waals surface area contributed by atoms with E-state index in [1.54, 1.807) is 0 Å². The van der Waals surface area contributed by atoms with E-state index in [1.807, 2.05) is 38.1 Å². The highest BCUT2D eigenvalue weighted by atomic mass is 79.9. The molecule has 0 amide bonds. The van der Waals surface area contributed by atoms with E-state index in [9.17, 15) is 0 Å². The summed E-state index contributed by atoms with van der Waals surface area (Å²) in [7, 11) is 0. The zero-order valence-corrected chi connectivity index (χ0v) is 15.5. The van der Waals surface area contributed by atoms with Crippen molar-refractivity contribution in [3.63, 3.8) is 0 Å². The molecule has 0 heterocycles. The Hall–Kier alpha value is -1.000. The third kappa shape index (κ3) is 4.75. The van der Waals surface area contributed by atoms with Crippen molar-refractivity contribution >= 4 is 37.5 Å². The molecular weight excluding hydrogens is 394 g/mol. The first-order valence-corrected chi connectivity index (χ1v) is 8.52. The van der Waals surface area contributed by atoms with Gasteiger partial charge in [0.15, 0.2) is 0 Å². The van der Waals surface area contributed by atoms with Gasteiger partial charge in [-0.15, -0.1) is 0 Å². The molecule has 0 aromatic heterocycles. The Morgan fingerprint density at radius 2 is 1.62 bits per heavy atom. The number of ether oxygens (including phenoxy) is 1. The van der Waals surface area contributed by atoms with E-state index in [0.717, 1.165) is 20.4 Å². The molecule has 4 heteroatoms. The van der Waals surface area contributed by atoms with Crippen molar-refractivity contribution in [1.82, 2.24) is 0 Å². The highest BCUT2D eigenvalue weighted by Crippen LogP contribution is 2.29. The average Bonchev–Trinajstić information content (AvgIpc) is 2.40. The molecule has 0 fully saturated rings. The van der Waals surface area contributed by atoms with Crippen LogP contribution in [-0.2, 0) is 0 Å². The van der Waals surface area contributed by atoms with Crippen LogP contribution in [0.4, 0.5) is 5.69 Å². The van der Waals surface area contributed by atoms with Gasteiger partial charge in [-0.1, -0.05) is 37.9 Å². The van der Waals surface area contributed by atoms with Gasteiger partial charge in [-0.2, -0.15) is 0 Å². The predicted molar refractivity (Wildman–Crippen MR) is 96.1 cm³/mol. The summed E-state index contributed by atoms with van der Waals surface area (Å²) in [6.45, 7) is 6.20. The summed E-state index contributed by atoms with van der Waals surface area (Å²) in [5.41, 5.74) is 2.30. The fourth-order valence-electron chi connectivity index (χ4n) is 2.08. The number of hydrogen-bond acceptors (Lipinski definition) is 2. The topological polar surface area (TPSA) is 21.3 Å². The maximum atomic E-state index is 5.65. The smallest absolute Gasteiger partial charge is 0.119 e. The Morgan fingerprint density at radius 3 is 2.19 bits per heavy atom. The molecule has 0 aliphatic heterocycles. The summed E-state index contributed by atoms with van der Waals surface area (Å²) in [4.78, 5) is 0. The molecule has 1 N–H and O–H groups in total. The van der Waals surface area contributed by atoms with E-state index in [1.165, 1.54) is 5.56 Å². The monoisotopic (exact) mass is 411 g/mol. The van der Waals surface area contributed by atoms with E-state index in [2.05, 4.69) is 62.3 Å². The lowest BCUT2D eigenvalue weighted by Crippen LogP contribution is -2.08. The van der Waals surface area contributed by atoms with Crippen molar-refractivity contribution in [2.75, 3.05) is 5.32 Å². The summed E-state index contributed by atoms with van der Waals surface area (Å²) in [6, 6.07) is 14.5. The van der Waals surface area contributed by atoms with Gasteiger partial charge >= 0.3 is 0 Å². The minimum atomic E-state index is 0.196. The number of hydrogen-bond donors (Lipinski definition) is 1. The molecule has 112 valence electrons. The highest BCUT2D eigenvalue weighted by molar-refractivity contribution is 9.11. The summed E-state index contributed by atoms with van der Waals surface area (Å²) in [6.07, 6.45) is 0.196. The lowest BCUT2D eigenvalue weighted by molar-refractivity contribution is 0.242. The molecule has 1 atom stereocenters. The molecule has 0 saturated heterocycles. The Balaban J connectivity index is 2.06. The SMILES string of the molecule is CC(C)Oc1ccc(NC(C)c2ccc(Br)cc2Br)cc1. The molecule has 2 aromatic rings. The minimum Gasteiger partial charge on any atom is -0.491 e. The van der Waals surface area contributed by atoms with Gasteiger partial charge in [0.1, 0.15) is 5.75 Å². The number of benzene rings is 2. The van der Waals surface area contributed by atoms with Crippen LogP contribution < -0.4 is 10.1 Å². The van der Waals surface area contributed by atoms with E-state index >= 15 is 0 Å². The zero-order chi connectivity index (χ0) is 15.4. The maximum Gasteiger partial charge on any atom is 0.119 e. The first-order valence-electron chi connectivity index (χ1n) is 6.94. The third-order valence-corrected chi connectivity index (χ3v) is 4.22. The molecule has 0 aliphatic carbocycles. The van der Waals surface area contributed by atoms with Crippen molar-refractivity contribution in [3.8, 4) is 5.75 Å². The molecule has 0 spiro atoms. The van der Waals surface area contributed by atoms with Crippen LogP contribution in [0.15, 0.2) is 51.4 Å². The van der Waals surface area contributed by atoms with Crippen LogP contribution in [0.1, 0.15) is 32.4 Å². The number of rotatable bonds is 5. The standard InChI is InChI=1S/C17H19Br2NO/c1-11(2)21-15-7-5-14(6-8-15)20-12(3)16-9-4-13(18)10-17(16)19/h4-12,20H,1-3H3. The second-order valence-electron chi connectivity index (χ2n) is 5.22. The minimum absolute atomic E-state index is 0.196. The molecule has 1 unspecified atom stereocenters. The Kier molecular flexibility index (Phi) is 5.71. The summed E-state index contributed by atoms with van der Waals surface area (Å²) >= 11 is 7.09. The van der Waals surface area contributed by atoms with E-state index < -0.39 is 0 Å². The van der Waals surface area contributed by atoms with Crippen LogP contribution in [0.3, 0.4) is 0 Å². The van der Waals surface area contributed by atoms with Gasteiger partial charge in [0.25, 0.3) is 0 Å². The molecular formula is C17H19Br2NO. The van der Waals surface area contributed by atoms with Crippen molar-refractivity contribution in [1.29, 1.82) is 0 Å². The van der Waals surface area contributed by atoms with Crippen molar-refractivity contribution in [3.05, 3.63) is 57.0 Å². The maximum absolute atomic E-state index is 5.65. The highest BCUT2D eigenvalue weighted by Gasteiger charge is 2.09. The average molecular weight is 413 g/mol. The molecule has 0 saturated carbocycles. The lowest BCUT2D eigenvalue weighted by atomic mass is 10.1. The lowest BCUT2D eigenvalue weighted by Gasteiger charge is -2.18. The zero-order valence-electron chi connectivity index (χ0n) is 12.4. The second-order valence-corrected chi connectivity index (χ2v) is 6.99. The van der Waals surface area contributed by atoms with E-state index in [4.69, 9.17) is 4.74 Å². The number of halogens is 2. The van der Waals surface area contributed by atoms with Crippen molar-refractivity contribution < 1.29 is 4.74 Å². The molecule has 0 bridgehead atoms.